The zero-order valence-corrected chi connectivity index (χ0v) is 19.5. The number of carbonyl (C=O) groups is 5. The number of carbonyl (C=O) groups excluding carboxylic acids is 5. The number of primary amides is 1. The van der Waals surface area contributed by atoms with Gasteiger partial charge in [-0.3, -0.25) is 19.2 Å². The number of methoxy groups -OCH3 is 2. The smallest absolute Gasteiger partial charge is 0.332 e. The van der Waals surface area contributed by atoms with Crippen LogP contribution in [-0.4, -0.2) is 72.6 Å². The molecule has 33 heavy (non-hydrogen) atoms. The average molecular weight is 487 g/mol. The highest BCUT2D eigenvalue weighted by atomic mass is 32.1. The van der Waals surface area contributed by atoms with Gasteiger partial charge in [0.1, 0.15) is 11.8 Å². The van der Waals surface area contributed by atoms with Crippen LogP contribution in [0, 0.1) is 11.3 Å². The Labute approximate surface area is 192 Å². The van der Waals surface area contributed by atoms with Crippen molar-refractivity contribution in [2.75, 3.05) is 27.4 Å². The van der Waals surface area contributed by atoms with E-state index in [1.165, 1.54) is 26.2 Å². The summed E-state index contributed by atoms with van der Waals surface area (Å²) in [7, 11) is 1.88. The summed E-state index contributed by atoms with van der Waals surface area (Å²) in [4.78, 5) is 64.1. The standard InChI is InChI=1S/C18H25N5O9S/c1-6-31-13(24)11(9(3)20-22-17(19)28)18(15(26)29-4,16(27)30-5)12(14(25)32-7-2)10-8-33-23-21-10/h8,11-12H,6-7H2,1-5H3,(H3,19,22,28)/b20-9+. The Morgan fingerprint density at radius 2 is 1.64 bits per heavy atom. The van der Waals surface area contributed by atoms with Gasteiger partial charge in [0.05, 0.1) is 38.8 Å². The molecule has 3 N–H and O–H groups in total. The van der Waals surface area contributed by atoms with Crippen LogP contribution in [0.3, 0.4) is 0 Å². The number of nitrogens with zero attached hydrogens (tertiary/aromatic N) is 3. The highest BCUT2D eigenvalue weighted by Gasteiger charge is 2.67. The summed E-state index contributed by atoms with van der Waals surface area (Å²) < 4.78 is 23.6. The van der Waals surface area contributed by atoms with Gasteiger partial charge in [0.15, 0.2) is 0 Å². The zero-order chi connectivity index (χ0) is 25.2. The molecule has 2 unspecified atom stereocenters. The maximum absolute atomic E-state index is 13.3. The van der Waals surface area contributed by atoms with Crippen LogP contribution in [0.15, 0.2) is 10.5 Å². The molecule has 0 aliphatic rings. The van der Waals surface area contributed by atoms with Gasteiger partial charge in [0, 0.05) is 5.38 Å². The van der Waals surface area contributed by atoms with E-state index in [1.54, 1.807) is 0 Å². The number of hydrogen-bond donors (Lipinski definition) is 2. The molecule has 0 radical (unpaired) electrons. The second-order valence-electron chi connectivity index (χ2n) is 6.28. The molecule has 14 nitrogen and oxygen atoms in total. The van der Waals surface area contributed by atoms with E-state index in [1.807, 2.05) is 5.43 Å². The van der Waals surface area contributed by atoms with Crippen molar-refractivity contribution in [2.24, 2.45) is 22.2 Å². The van der Waals surface area contributed by atoms with Crippen molar-refractivity contribution < 1.29 is 42.9 Å². The van der Waals surface area contributed by atoms with E-state index < -0.39 is 47.2 Å². The molecule has 1 aromatic rings. The van der Waals surface area contributed by atoms with Crippen molar-refractivity contribution in [3.63, 3.8) is 0 Å². The van der Waals surface area contributed by atoms with E-state index in [4.69, 9.17) is 24.7 Å². The lowest BCUT2D eigenvalue weighted by Crippen LogP contribution is -2.58. The van der Waals surface area contributed by atoms with E-state index in [2.05, 4.69) is 14.7 Å². The fourth-order valence-electron chi connectivity index (χ4n) is 3.24. The molecule has 0 aromatic carbocycles. The average Bonchev–Trinajstić information content (AvgIpc) is 3.30. The first-order valence-corrected chi connectivity index (χ1v) is 10.3. The Hall–Kier alpha value is -3.62. The van der Waals surface area contributed by atoms with Crippen LogP contribution in [0.25, 0.3) is 0 Å². The molecule has 1 rings (SSSR count). The second kappa shape index (κ2) is 12.4. The molecule has 15 heteroatoms. The maximum atomic E-state index is 13.3. The molecule has 2 amide bonds. The van der Waals surface area contributed by atoms with Crippen molar-refractivity contribution in [1.29, 1.82) is 0 Å². The number of hydrogen-bond acceptors (Lipinski definition) is 13. The highest BCUT2D eigenvalue weighted by Crippen LogP contribution is 2.46. The van der Waals surface area contributed by atoms with Gasteiger partial charge >= 0.3 is 29.9 Å². The van der Waals surface area contributed by atoms with Crippen LogP contribution in [0.5, 0.6) is 0 Å². The number of hydrazone groups is 1. The first-order chi connectivity index (χ1) is 15.6. The van der Waals surface area contributed by atoms with E-state index in [9.17, 15) is 24.0 Å². The Balaban J connectivity index is 4.11. The topological polar surface area (TPSA) is 198 Å². The first-order valence-electron chi connectivity index (χ1n) is 9.49. The number of ether oxygens (including phenoxy) is 4. The quantitative estimate of drug-likeness (QED) is 0.137. The van der Waals surface area contributed by atoms with Crippen LogP contribution in [0.2, 0.25) is 0 Å². The summed E-state index contributed by atoms with van der Waals surface area (Å²) in [5.74, 6) is -8.70. The number of nitrogens with one attached hydrogen (secondary N) is 1. The van der Waals surface area contributed by atoms with Crippen molar-refractivity contribution in [1.82, 2.24) is 15.0 Å². The summed E-state index contributed by atoms with van der Waals surface area (Å²) in [5.41, 5.74) is 3.70. The molecule has 0 fully saturated rings. The van der Waals surface area contributed by atoms with E-state index >= 15 is 0 Å². The number of urea groups is 1. The van der Waals surface area contributed by atoms with Crippen molar-refractivity contribution in [3.8, 4) is 0 Å². The number of esters is 4. The molecule has 182 valence electrons. The van der Waals surface area contributed by atoms with Crippen LogP contribution in [0.4, 0.5) is 4.79 Å². The van der Waals surface area contributed by atoms with Gasteiger partial charge in [0.25, 0.3) is 0 Å². The lowest BCUT2D eigenvalue weighted by atomic mass is 9.63. The highest BCUT2D eigenvalue weighted by molar-refractivity contribution is 7.03. The molecular weight excluding hydrogens is 462 g/mol. The summed E-state index contributed by atoms with van der Waals surface area (Å²) in [6.45, 7) is 3.89. The molecule has 0 saturated heterocycles. The van der Waals surface area contributed by atoms with E-state index in [0.717, 1.165) is 25.8 Å². The van der Waals surface area contributed by atoms with E-state index in [-0.39, 0.29) is 24.6 Å². The van der Waals surface area contributed by atoms with Gasteiger partial charge in [0.2, 0.25) is 5.41 Å². The van der Waals surface area contributed by atoms with Gasteiger partial charge in [-0.05, 0) is 32.3 Å². The zero-order valence-electron chi connectivity index (χ0n) is 18.6. The summed E-state index contributed by atoms with van der Waals surface area (Å²) in [6.07, 6.45) is 0. The van der Waals surface area contributed by atoms with Gasteiger partial charge in [-0.25, -0.2) is 10.2 Å². The molecule has 1 aromatic heterocycles. The molecule has 1 heterocycles. The summed E-state index contributed by atoms with van der Waals surface area (Å²) in [6, 6.07) is -1.09. The number of nitrogens with two attached hydrogens (primary N) is 1. The minimum atomic E-state index is -2.76. The van der Waals surface area contributed by atoms with Crippen molar-refractivity contribution in [2.45, 2.75) is 26.7 Å². The minimum Gasteiger partial charge on any atom is -0.468 e. The molecule has 0 saturated carbocycles. The SMILES string of the molecule is CCOC(=O)C(/C(C)=N/NC(N)=O)C(C(=O)OC)(C(=O)OC)C(C(=O)OCC)c1csnn1. The second-order valence-corrected chi connectivity index (χ2v) is 6.89. The van der Waals surface area contributed by atoms with Gasteiger partial charge in [-0.15, -0.1) is 5.10 Å². The third-order valence-corrected chi connectivity index (χ3v) is 4.96. The van der Waals surface area contributed by atoms with Crippen molar-refractivity contribution in [3.05, 3.63) is 11.1 Å². The van der Waals surface area contributed by atoms with Crippen LogP contribution < -0.4 is 11.2 Å². The third-order valence-electron chi connectivity index (χ3n) is 4.43. The lowest BCUT2D eigenvalue weighted by molar-refractivity contribution is -0.184. The van der Waals surface area contributed by atoms with Gasteiger partial charge in [-0.1, -0.05) is 4.49 Å². The lowest BCUT2D eigenvalue weighted by Gasteiger charge is -2.37. The predicted molar refractivity (Wildman–Crippen MR) is 112 cm³/mol. The third kappa shape index (κ3) is 5.79. The fraction of sp³-hybridized carbons (Fsp3) is 0.556. The molecule has 0 spiro atoms. The molecule has 0 aliphatic carbocycles. The largest absolute Gasteiger partial charge is 0.468 e. The minimum absolute atomic E-state index is 0.133. The van der Waals surface area contributed by atoms with E-state index in [0.29, 0.717) is 0 Å². The predicted octanol–water partition coefficient (Wildman–Crippen LogP) is -0.259. The van der Waals surface area contributed by atoms with Crippen LogP contribution >= 0.6 is 11.5 Å². The Bertz CT molecular complexity index is 887. The summed E-state index contributed by atoms with van der Waals surface area (Å²) in [5, 5.41) is 8.79. The fourth-order valence-corrected chi connectivity index (χ4v) is 3.72. The Morgan fingerprint density at radius 1 is 1.09 bits per heavy atom. The monoisotopic (exact) mass is 487 g/mol. The first kappa shape index (κ1) is 27.4. The number of aromatic nitrogens is 2. The van der Waals surface area contributed by atoms with Gasteiger partial charge in [-0.2, -0.15) is 5.10 Å². The molecule has 0 bridgehead atoms. The molecule has 0 aliphatic heterocycles. The maximum Gasteiger partial charge on any atom is 0.332 e. The van der Waals surface area contributed by atoms with Gasteiger partial charge < -0.3 is 24.7 Å². The van der Waals surface area contributed by atoms with Crippen LogP contribution in [0.1, 0.15) is 32.4 Å². The Kier molecular flexibility index (Phi) is 10.3. The number of amides is 2. The summed E-state index contributed by atoms with van der Waals surface area (Å²) >= 11 is 0.818. The van der Waals surface area contributed by atoms with Crippen LogP contribution in [-0.2, 0) is 38.1 Å². The molecule has 2 atom stereocenters. The Morgan fingerprint density at radius 3 is 2.06 bits per heavy atom. The number of rotatable bonds is 11. The normalized spacial score (nSPS) is 13.3. The molecular formula is C18H25N5O9S. The van der Waals surface area contributed by atoms with Crippen molar-refractivity contribution >= 4 is 47.2 Å².